The van der Waals surface area contributed by atoms with E-state index in [1.807, 2.05) is 24.3 Å². The Bertz CT molecular complexity index is 1350. The monoisotopic (exact) mass is 503 g/mol. The van der Waals surface area contributed by atoms with Crippen molar-refractivity contribution in [1.29, 1.82) is 0 Å². The fraction of sp³-hybridized carbons (Fsp3) is 0.440. The fourth-order valence-corrected chi connectivity index (χ4v) is 4.97. The molecular weight excluding hydrogens is 474 g/mol. The lowest BCUT2D eigenvalue weighted by atomic mass is 9.89. The Morgan fingerprint density at radius 1 is 1.16 bits per heavy atom. The highest BCUT2D eigenvalue weighted by Gasteiger charge is 2.24. The molecule has 4 heterocycles. The van der Waals surface area contributed by atoms with Crippen molar-refractivity contribution in [3.8, 4) is 0 Å². The Morgan fingerprint density at radius 2 is 1.95 bits per heavy atom. The first kappa shape index (κ1) is 24.6. The number of nitrogens with one attached hydrogen (secondary N) is 3. The molecule has 192 valence electrons. The molecule has 37 heavy (non-hydrogen) atoms. The molecule has 12 heteroatoms. The second kappa shape index (κ2) is 10.9. The minimum atomic E-state index is -0.752. The van der Waals surface area contributed by atoms with E-state index < -0.39 is 5.97 Å². The largest absolute Gasteiger partial charge is 0.481 e. The molecule has 4 N–H and O–H groups in total. The lowest BCUT2D eigenvalue weighted by Crippen LogP contribution is -2.46. The van der Waals surface area contributed by atoms with E-state index in [0.717, 1.165) is 37.2 Å². The molecule has 5 rings (SSSR count). The van der Waals surface area contributed by atoms with Gasteiger partial charge in [-0.25, -0.2) is 21.6 Å². The van der Waals surface area contributed by atoms with Crippen LogP contribution in [0, 0.1) is 12.5 Å². The standard InChI is InChI=1S/C25H29N9O3/c1-26-15-33-8-10-34(11-9-33)25-30-20-14-28-32-24(37)22(20)23(31-25)29-18-5-3-17(4-6-18)19-7-2-16(13-27-19)12-21(35)36/h3-6,14,16,19,27H,2,7-13,15H2,(H,32,37)(H,35,36)(H,29,30,31). The molecule has 2 aliphatic heterocycles. The summed E-state index contributed by atoms with van der Waals surface area (Å²) in [4.78, 5) is 40.5. The zero-order valence-corrected chi connectivity index (χ0v) is 20.4. The highest BCUT2D eigenvalue weighted by atomic mass is 16.4. The van der Waals surface area contributed by atoms with E-state index >= 15 is 0 Å². The average molecular weight is 504 g/mol. The lowest BCUT2D eigenvalue weighted by molar-refractivity contribution is -0.138. The van der Waals surface area contributed by atoms with E-state index in [-0.39, 0.29) is 23.9 Å². The van der Waals surface area contributed by atoms with E-state index in [2.05, 4.69) is 40.5 Å². The molecule has 2 atom stereocenters. The summed E-state index contributed by atoms with van der Waals surface area (Å²) in [6.45, 7) is 11.0. The van der Waals surface area contributed by atoms with Gasteiger partial charge < -0.3 is 20.6 Å². The van der Waals surface area contributed by atoms with Crippen LogP contribution in [0.15, 0.2) is 35.3 Å². The van der Waals surface area contributed by atoms with Gasteiger partial charge in [-0.2, -0.15) is 10.1 Å². The maximum atomic E-state index is 12.6. The van der Waals surface area contributed by atoms with Crippen LogP contribution in [0.2, 0.25) is 0 Å². The van der Waals surface area contributed by atoms with Crippen LogP contribution in [-0.4, -0.2) is 75.5 Å². The van der Waals surface area contributed by atoms with Gasteiger partial charge in [-0.1, -0.05) is 12.1 Å². The number of carboxylic acids is 1. The normalized spacial score (nSPS) is 20.5. The van der Waals surface area contributed by atoms with Crippen molar-refractivity contribution < 1.29 is 9.90 Å². The minimum absolute atomic E-state index is 0.165. The number of hydrogen-bond donors (Lipinski definition) is 4. The van der Waals surface area contributed by atoms with Crippen LogP contribution >= 0.6 is 0 Å². The number of carboxylic acid groups (broad SMARTS) is 1. The van der Waals surface area contributed by atoms with Crippen molar-refractivity contribution in [3.63, 3.8) is 0 Å². The quantitative estimate of drug-likeness (QED) is 0.353. The van der Waals surface area contributed by atoms with Crippen LogP contribution < -0.4 is 21.1 Å². The van der Waals surface area contributed by atoms with Crippen molar-refractivity contribution in [2.45, 2.75) is 25.3 Å². The first-order valence-corrected chi connectivity index (χ1v) is 12.4. The van der Waals surface area contributed by atoms with Gasteiger partial charge in [0, 0.05) is 44.3 Å². The minimum Gasteiger partial charge on any atom is -0.481 e. The number of carbonyl (C=O) groups is 1. The first-order valence-electron chi connectivity index (χ1n) is 12.4. The van der Waals surface area contributed by atoms with E-state index in [1.54, 1.807) is 0 Å². The Kier molecular flexibility index (Phi) is 7.25. The number of nitrogens with zero attached hydrogens (tertiary/aromatic N) is 6. The maximum Gasteiger partial charge on any atom is 0.303 e. The molecule has 3 aromatic rings. The summed E-state index contributed by atoms with van der Waals surface area (Å²) in [7, 11) is 0. The number of rotatable bonds is 7. The van der Waals surface area contributed by atoms with Gasteiger partial charge >= 0.3 is 5.97 Å². The van der Waals surface area contributed by atoms with Crippen molar-refractivity contribution in [1.82, 2.24) is 30.4 Å². The predicted molar refractivity (Wildman–Crippen MR) is 139 cm³/mol. The second-order valence-electron chi connectivity index (χ2n) is 9.49. The summed E-state index contributed by atoms with van der Waals surface area (Å²) in [6, 6.07) is 8.15. The smallest absolute Gasteiger partial charge is 0.303 e. The highest BCUT2D eigenvalue weighted by molar-refractivity contribution is 5.90. The van der Waals surface area contributed by atoms with Crippen LogP contribution in [0.3, 0.4) is 0 Å². The number of anilines is 3. The zero-order chi connectivity index (χ0) is 25.8. The van der Waals surface area contributed by atoms with Crippen LogP contribution in [-0.2, 0) is 4.79 Å². The number of aliphatic carboxylic acids is 1. The van der Waals surface area contributed by atoms with E-state index in [9.17, 15) is 9.59 Å². The third-order valence-electron chi connectivity index (χ3n) is 6.99. The van der Waals surface area contributed by atoms with Gasteiger partial charge in [-0.15, -0.1) is 0 Å². The van der Waals surface area contributed by atoms with Gasteiger partial charge in [0.25, 0.3) is 12.2 Å². The van der Waals surface area contributed by atoms with Gasteiger partial charge in [0.1, 0.15) is 16.7 Å². The second-order valence-corrected chi connectivity index (χ2v) is 9.49. The SMILES string of the molecule is [C-]#[N+]CN1CCN(c2nc(Nc3ccc(C4CCC(CC(=O)O)CN4)cc3)c3c(=O)[nH]ncc3n2)CC1. The van der Waals surface area contributed by atoms with E-state index in [1.165, 1.54) is 6.20 Å². The molecule has 2 saturated heterocycles. The Labute approximate surface area is 213 Å². The molecule has 0 bridgehead atoms. The molecule has 2 fully saturated rings. The van der Waals surface area contributed by atoms with Gasteiger partial charge in [-0.3, -0.25) is 14.4 Å². The lowest BCUT2D eigenvalue weighted by Gasteiger charge is -2.32. The van der Waals surface area contributed by atoms with Gasteiger partial charge in [0.2, 0.25) is 5.95 Å². The molecule has 0 amide bonds. The fourth-order valence-electron chi connectivity index (χ4n) is 4.97. The molecule has 2 unspecified atom stereocenters. The number of piperazine rings is 1. The van der Waals surface area contributed by atoms with Gasteiger partial charge in [0.15, 0.2) is 0 Å². The number of aromatic amines is 1. The molecule has 1 aromatic carbocycles. The number of piperidine rings is 1. The summed E-state index contributed by atoms with van der Waals surface area (Å²) in [5.74, 6) is 0.340. The van der Waals surface area contributed by atoms with Crippen LogP contribution in [0.1, 0.15) is 30.9 Å². The number of hydrogen-bond acceptors (Lipinski definition) is 9. The Morgan fingerprint density at radius 3 is 2.62 bits per heavy atom. The van der Waals surface area contributed by atoms with Crippen LogP contribution in [0.4, 0.5) is 17.5 Å². The molecule has 0 spiro atoms. The summed E-state index contributed by atoms with van der Waals surface area (Å²) in [5.41, 5.74) is 2.00. The molecule has 0 radical (unpaired) electrons. The highest BCUT2D eigenvalue weighted by Crippen LogP contribution is 2.29. The van der Waals surface area contributed by atoms with Crippen LogP contribution in [0.25, 0.3) is 15.7 Å². The first-order chi connectivity index (χ1) is 18.0. The molecule has 2 aliphatic rings. The van der Waals surface area contributed by atoms with E-state index in [0.29, 0.717) is 49.0 Å². The maximum absolute atomic E-state index is 12.6. The molecule has 2 aromatic heterocycles. The topological polar surface area (TPSA) is 144 Å². The molecule has 0 aliphatic carbocycles. The van der Waals surface area contributed by atoms with Crippen molar-refractivity contribution in [3.05, 3.63) is 57.8 Å². The number of fused-ring (bicyclic) bond motifs is 1. The van der Waals surface area contributed by atoms with Crippen molar-refractivity contribution >= 4 is 34.3 Å². The van der Waals surface area contributed by atoms with E-state index in [4.69, 9.17) is 16.7 Å². The van der Waals surface area contributed by atoms with Crippen molar-refractivity contribution in [2.75, 3.05) is 49.6 Å². The van der Waals surface area contributed by atoms with Crippen LogP contribution in [0.5, 0.6) is 0 Å². The van der Waals surface area contributed by atoms with Gasteiger partial charge in [-0.05, 0) is 43.0 Å². The third kappa shape index (κ3) is 5.68. The summed E-state index contributed by atoms with van der Waals surface area (Å²) in [6.07, 6.45) is 3.49. The average Bonchev–Trinajstić information content (AvgIpc) is 2.90. The number of H-pyrrole nitrogens is 1. The van der Waals surface area contributed by atoms with Crippen molar-refractivity contribution in [2.24, 2.45) is 5.92 Å². The van der Waals surface area contributed by atoms with Gasteiger partial charge in [0.05, 0.1) is 6.20 Å². The number of aromatic nitrogens is 4. The molecule has 12 nitrogen and oxygen atoms in total. The summed E-state index contributed by atoms with van der Waals surface area (Å²) < 4.78 is 0. The predicted octanol–water partition coefficient (Wildman–Crippen LogP) is 1.97. The molecular formula is C25H29N9O3. The molecule has 0 saturated carbocycles. The third-order valence-corrected chi connectivity index (χ3v) is 6.99. The summed E-state index contributed by atoms with van der Waals surface area (Å²) in [5, 5.41) is 22.5. The summed E-state index contributed by atoms with van der Waals surface area (Å²) >= 11 is 0. The Hall–Kier alpha value is -4.08. The zero-order valence-electron chi connectivity index (χ0n) is 20.4. The Balaban J connectivity index is 1.33. The number of benzene rings is 1.